The Morgan fingerprint density at radius 2 is 1.95 bits per heavy atom. The molecule has 2 saturated heterocycles. The fourth-order valence-corrected chi connectivity index (χ4v) is 6.84. The van der Waals surface area contributed by atoms with Gasteiger partial charge in [-0.2, -0.15) is 5.10 Å². The molecule has 4 heterocycles. The van der Waals surface area contributed by atoms with E-state index in [1.807, 2.05) is 29.9 Å². The number of piperidine rings is 1. The SMILES string of the molecule is Cc1nn(C(C)c2ccc(Cl)cc2Cl)c2nc(N3CC([C@@H]4CCCN([C@H]5C[C@H](C(=O)O)C5)C4)C3)cnc12. The van der Waals surface area contributed by atoms with Gasteiger partial charge in [-0.3, -0.25) is 4.79 Å². The zero-order valence-electron chi connectivity index (χ0n) is 21.1. The lowest BCUT2D eigenvalue weighted by atomic mass is 9.76. The van der Waals surface area contributed by atoms with Crippen LogP contribution in [-0.4, -0.2) is 67.9 Å². The lowest BCUT2D eigenvalue weighted by molar-refractivity contribution is -0.147. The third-order valence-corrected chi connectivity index (χ3v) is 9.27. The average Bonchev–Trinajstić information content (AvgIpc) is 3.13. The van der Waals surface area contributed by atoms with Crippen molar-refractivity contribution in [1.29, 1.82) is 0 Å². The fourth-order valence-electron chi connectivity index (χ4n) is 6.28. The van der Waals surface area contributed by atoms with Gasteiger partial charge in [-0.05, 0) is 75.6 Å². The smallest absolute Gasteiger partial charge is 0.306 e. The molecule has 8 nitrogen and oxygen atoms in total. The molecular weight excluding hydrogens is 511 g/mol. The topological polar surface area (TPSA) is 87.4 Å². The lowest BCUT2D eigenvalue weighted by Gasteiger charge is -2.50. The van der Waals surface area contributed by atoms with Crippen molar-refractivity contribution < 1.29 is 9.90 Å². The van der Waals surface area contributed by atoms with Gasteiger partial charge in [0.2, 0.25) is 0 Å². The van der Waals surface area contributed by atoms with E-state index in [-0.39, 0.29) is 12.0 Å². The molecule has 2 aromatic heterocycles. The largest absolute Gasteiger partial charge is 0.481 e. The number of carboxylic acid groups (broad SMARTS) is 1. The summed E-state index contributed by atoms with van der Waals surface area (Å²) in [6.45, 7) is 8.17. The van der Waals surface area contributed by atoms with Gasteiger partial charge >= 0.3 is 5.97 Å². The van der Waals surface area contributed by atoms with Gasteiger partial charge in [-0.1, -0.05) is 29.3 Å². The number of likely N-dealkylation sites (tertiary alicyclic amines) is 1. The summed E-state index contributed by atoms with van der Waals surface area (Å²) in [5, 5.41) is 15.2. The van der Waals surface area contributed by atoms with Crippen molar-refractivity contribution in [3.05, 3.63) is 45.7 Å². The zero-order valence-corrected chi connectivity index (χ0v) is 22.7. The molecule has 6 rings (SSSR count). The molecule has 196 valence electrons. The Morgan fingerprint density at radius 3 is 2.68 bits per heavy atom. The quantitative estimate of drug-likeness (QED) is 0.465. The molecule has 0 amide bonds. The second-order valence-corrected chi connectivity index (χ2v) is 11.8. The highest BCUT2D eigenvalue weighted by Crippen LogP contribution is 2.38. The number of aryl methyl sites for hydroxylation is 1. The van der Waals surface area contributed by atoms with Crippen LogP contribution in [0.5, 0.6) is 0 Å². The number of fused-ring (bicyclic) bond motifs is 1. The van der Waals surface area contributed by atoms with Gasteiger partial charge in [-0.15, -0.1) is 0 Å². The van der Waals surface area contributed by atoms with Gasteiger partial charge in [0.25, 0.3) is 0 Å². The van der Waals surface area contributed by atoms with E-state index >= 15 is 0 Å². The molecule has 1 aromatic carbocycles. The van der Waals surface area contributed by atoms with Crippen LogP contribution in [0.25, 0.3) is 11.2 Å². The summed E-state index contributed by atoms with van der Waals surface area (Å²) in [6.07, 6.45) is 5.93. The molecule has 3 aliphatic rings. The molecule has 1 aliphatic carbocycles. The van der Waals surface area contributed by atoms with Crippen molar-refractivity contribution in [3.8, 4) is 0 Å². The normalized spacial score (nSPS) is 25.6. The third kappa shape index (κ3) is 4.57. The number of halogens is 2. The van der Waals surface area contributed by atoms with Crippen molar-refractivity contribution in [2.24, 2.45) is 17.8 Å². The highest BCUT2D eigenvalue weighted by molar-refractivity contribution is 6.35. The standard InChI is InChI=1S/C27H32Cl2N6O2/c1-15-25-26(35(32-15)16(2)22-6-5-20(28)10-23(22)29)31-24(11-30-25)34-13-19(14-34)17-4-3-7-33(12-17)21-8-18(9-21)27(36)37/h5-6,10-11,16-19,21H,3-4,7-9,12-14H2,1-2H3,(H,36,37)/t16?,17-,18-,21-/m1/s1. The van der Waals surface area contributed by atoms with Crippen molar-refractivity contribution in [2.75, 3.05) is 31.1 Å². The number of carboxylic acids is 1. The number of aliphatic carboxylic acids is 1. The highest BCUT2D eigenvalue weighted by Gasteiger charge is 2.42. The number of nitrogens with zero attached hydrogens (tertiary/aromatic N) is 6. The van der Waals surface area contributed by atoms with Crippen LogP contribution in [0.4, 0.5) is 5.82 Å². The van der Waals surface area contributed by atoms with Crippen LogP contribution in [0.1, 0.15) is 49.9 Å². The van der Waals surface area contributed by atoms with Crippen LogP contribution < -0.4 is 4.90 Å². The Labute approximate surface area is 226 Å². The Bertz CT molecular complexity index is 1330. The molecular formula is C27H32Cl2N6O2. The molecule has 2 aliphatic heterocycles. The van der Waals surface area contributed by atoms with Gasteiger partial charge in [0.15, 0.2) is 5.65 Å². The average molecular weight is 543 g/mol. The van der Waals surface area contributed by atoms with E-state index in [4.69, 9.17) is 38.3 Å². The van der Waals surface area contributed by atoms with Crippen LogP contribution >= 0.6 is 23.2 Å². The molecule has 3 aromatic rings. The summed E-state index contributed by atoms with van der Waals surface area (Å²) < 4.78 is 1.91. The second-order valence-electron chi connectivity index (χ2n) is 11.0. The Kier molecular flexibility index (Phi) is 6.53. The van der Waals surface area contributed by atoms with Gasteiger partial charge in [0.05, 0.1) is 23.9 Å². The molecule has 0 spiro atoms. The van der Waals surface area contributed by atoms with Gasteiger partial charge in [0, 0.05) is 35.7 Å². The summed E-state index contributed by atoms with van der Waals surface area (Å²) in [6, 6.07) is 5.88. The van der Waals surface area contributed by atoms with Crippen LogP contribution in [0.3, 0.4) is 0 Å². The van der Waals surface area contributed by atoms with E-state index in [9.17, 15) is 9.90 Å². The molecule has 1 saturated carbocycles. The number of hydrogen-bond acceptors (Lipinski definition) is 6. The molecule has 0 radical (unpaired) electrons. The highest BCUT2D eigenvalue weighted by atomic mass is 35.5. The minimum atomic E-state index is -0.639. The van der Waals surface area contributed by atoms with Crippen LogP contribution in [0.15, 0.2) is 24.4 Å². The lowest BCUT2D eigenvalue weighted by Crippen LogP contribution is -2.56. The molecule has 2 atom stereocenters. The number of carbonyl (C=O) groups is 1. The number of aromatic nitrogens is 4. The molecule has 37 heavy (non-hydrogen) atoms. The second kappa shape index (κ2) is 9.71. The number of anilines is 1. The number of hydrogen-bond donors (Lipinski definition) is 1. The molecule has 1 N–H and O–H groups in total. The van der Waals surface area contributed by atoms with E-state index in [0.717, 1.165) is 67.3 Å². The molecule has 1 unspecified atom stereocenters. The summed E-state index contributed by atoms with van der Waals surface area (Å²) in [4.78, 5) is 25.8. The van der Waals surface area contributed by atoms with E-state index in [0.29, 0.717) is 27.9 Å². The Morgan fingerprint density at radius 1 is 1.16 bits per heavy atom. The Hall–Kier alpha value is -2.42. The van der Waals surface area contributed by atoms with Gasteiger partial charge < -0.3 is 14.9 Å². The first-order valence-corrected chi connectivity index (χ1v) is 13.9. The first kappa shape index (κ1) is 24.9. The fraction of sp³-hybridized carbons (Fsp3) is 0.556. The van der Waals surface area contributed by atoms with Crippen LogP contribution in [0, 0.1) is 24.7 Å². The van der Waals surface area contributed by atoms with E-state index in [1.165, 1.54) is 12.8 Å². The minimum absolute atomic E-state index is 0.116. The summed E-state index contributed by atoms with van der Waals surface area (Å²) in [7, 11) is 0. The molecule has 0 bridgehead atoms. The van der Waals surface area contributed by atoms with E-state index in [2.05, 4.69) is 16.7 Å². The number of benzene rings is 1. The first-order valence-electron chi connectivity index (χ1n) is 13.2. The van der Waals surface area contributed by atoms with E-state index < -0.39 is 5.97 Å². The maximum atomic E-state index is 11.2. The third-order valence-electron chi connectivity index (χ3n) is 8.71. The summed E-state index contributed by atoms with van der Waals surface area (Å²) in [5.74, 6) is 1.39. The van der Waals surface area contributed by atoms with Crippen molar-refractivity contribution in [1.82, 2.24) is 24.6 Å². The predicted molar refractivity (Wildman–Crippen MR) is 144 cm³/mol. The maximum absolute atomic E-state index is 11.2. The summed E-state index contributed by atoms with van der Waals surface area (Å²) >= 11 is 12.6. The summed E-state index contributed by atoms with van der Waals surface area (Å²) in [5.41, 5.74) is 3.35. The minimum Gasteiger partial charge on any atom is -0.481 e. The monoisotopic (exact) mass is 542 g/mol. The van der Waals surface area contributed by atoms with Crippen molar-refractivity contribution in [2.45, 2.75) is 51.6 Å². The van der Waals surface area contributed by atoms with Gasteiger partial charge in [-0.25, -0.2) is 14.6 Å². The van der Waals surface area contributed by atoms with Gasteiger partial charge in [0.1, 0.15) is 11.3 Å². The number of rotatable bonds is 6. The van der Waals surface area contributed by atoms with Crippen LogP contribution in [0.2, 0.25) is 10.0 Å². The van der Waals surface area contributed by atoms with E-state index in [1.54, 1.807) is 6.07 Å². The van der Waals surface area contributed by atoms with Crippen molar-refractivity contribution in [3.63, 3.8) is 0 Å². The first-order chi connectivity index (χ1) is 17.8. The predicted octanol–water partition coefficient (Wildman–Crippen LogP) is 5.06. The zero-order chi connectivity index (χ0) is 25.8. The molecule has 10 heteroatoms. The molecule has 3 fully saturated rings. The maximum Gasteiger partial charge on any atom is 0.306 e. The Balaban J connectivity index is 1.14. The van der Waals surface area contributed by atoms with Crippen molar-refractivity contribution >= 4 is 46.2 Å². The van der Waals surface area contributed by atoms with Crippen LogP contribution in [-0.2, 0) is 4.79 Å².